The predicted molar refractivity (Wildman–Crippen MR) is 95.2 cm³/mol. The molecular weight excluding hydrogens is 322 g/mol. The normalized spacial score (nSPS) is 15.3. The van der Waals surface area contributed by atoms with Gasteiger partial charge in [0.05, 0.1) is 5.56 Å². The Hall–Kier alpha value is -2.08. The SMILES string of the molecule is O=C(CCCc1cccs1)N1CCCN(C(=O)c2cc[nH]c2)CC1. The van der Waals surface area contributed by atoms with Crippen LogP contribution < -0.4 is 0 Å². The molecule has 1 saturated heterocycles. The Morgan fingerprint density at radius 3 is 2.71 bits per heavy atom. The fourth-order valence-electron chi connectivity index (χ4n) is 3.04. The van der Waals surface area contributed by atoms with Crippen molar-refractivity contribution in [2.45, 2.75) is 25.7 Å². The second-order valence-corrected chi connectivity index (χ2v) is 7.09. The number of aromatic amines is 1. The number of nitrogens with one attached hydrogen (secondary N) is 1. The minimum absolute atomic E-state index is 0.0447. The first kappa shape index (κ1) is 16.8. The molecule has 3 heterocycles. The molecule has 5 nitrogen and oxygen atoms in total. The van der Waals surface area contributed by atoms with Crippen LogP contribution in [0.5, 0.6) is 0 Å². The summed E-state index contributed by atoms with van der Waals surface area (Å²) in [5, 5.41) is 2.07. The van der Waals surface area contributed by atoms with E-state index in [1.54, 1.807) is 29.8 Å². The summed E-state index contributed by atoms with van der Waals surface area (Å²) in [6.45, 7) is 2.70. The smallest absolute Gasteiger partial charge is 0.255 e. The monoisotopic (exact) mass is 345 g/mol. The lowest BCUT2D eigenvalue weighted by Crippen LogP contribution is -2.37. The molecule has 0 saturated carbocycles. The summed E-state index contributed by atoms with van der Waals surface area (Å²) in [6.07, 6.45) is 6.77. The molecule has 128 valence electrons. The molecule has 2 aromatic rings. The van der Waals surface area contributed by atoms with Gasteiger partial charge in [0, 0.05) is 49.9 Å². The van der Waals surface area contributed by atoms with Crippen LogP contribution in [0.4, 0.5) is 0 Å². The minimum Gasteiger partial charge on any atom is -0.367 e. The van der Waals surface area contributed by atoms with Gasteiger partial charge in [-0.1, -0.05) is 6.07 Å². The number of hydrogen-bond acceptors (Lipinski definition) is 3. The van der Waals surface area contributed by atoms with Crippen molar-refractivity contribution < 1.29 is 9.59 Å². The number of thiophene rings is 1. The molecule has 0 aromatic carbocycles. The second kappa shape index (κ2) is 8.15. The molecule has 0 unspecified atom stereocenters. The molecule has 3 rings (SSSR count). The van der Waals surface area contributed by atoms with Crippen molar-refractivity contribution in [2.24, 2.45) is 0 Å². The van der Waals surface area contributed by atoms with Gasteiger partial charge in [-0.05, 0) is 36.8 Å². The Morgan fingerprint density at radius 2 is 1.96 bits per heavy atom. The highest BCUT2D eigenvalue weighted by Crippen LogP contribution is 2.14. The third-order valence-corrected chi connectivity index (χ3v) is 5.31. The largest absolute Gasteiger partial charge is 0.367 e. The maximum Gasteiger partial charge on any atom is 0.255 e. The molecule has 0 radical (unpaired) electrons. The molecule has 2 amide bonds. The van der Waals surface area contributed by atoms with E-state index in [9.17, 15) is 9.59 Å². The molecule has 0 aliphatic carbocycles. The van der Waals surface area contributed by atoms with Crippen LogP contribution in [0.1, 0.15) is 34.5 Å². The molecule has 1 N–H and O–H groups in total. The Balaban J connectivity index is 1.46. The number of rotatable bonds is 5. The standard InChI is InChI=1S/C18H23N3O2S/c22-17(6-1-4-16-5-2-13-24-16)20-9-3-10-21(12-11-20)18(23)15-7-8-19-14-15/h2,5,7-8,13-14,19H,1,3-4,6,9-12H2. The second-order valence-electron chi connectivity index (χ2n) is 6.06. The molecule has 0 spiro atoms. The molecule has 1 aliphatic heterocycles. The fourth-order valence-corrected chi connectivity index (χ4v) is 3.79. The summed E-state index contributed by atoms with van der Waals surface area (Å²) < 4.78 is 0. The van der Waals surface area contributed by atoms with Crippen LogP contribution in [0, 0.1) is 0 Å². The van der Waals surface area contributed by atoms with Gasteiger partial charge in [0.1, 0.15) is 0 Å². The highest BCUT2D eigenvalue weighted by Gasteiger charge is 2.22. The van der Waals surface area contributed by atoms with E-state index in [4.69, 9.17) is 0 Å². The summed E-state index contributed by atoms with van der Waals surface area (Å²) in [5.41, 5.74) is 0.686. The van der Waals surface area contributed by atoms with Crippen molar-refractivity contribution in [1.29, 1.82) is 0 Å². The first-order valence-corrected chi connectivity index (χ1v) is 9.34. The van der Waals surface area contributed by atoms with Gasteiger partial charge in [0.25, 0.3) is 5.91 Å². The number of carbonyl (C=O) groups excluding carboxylic acids is 2. The van der Waals surface area contributed by atoms with Gasteiger partial charge in [-0.2, -0.15) is 0 Å². The molecule has 0 atom stereocenters. The predicted octanol–water partition coefficient (Wildman–Crippen LogP) is 2.77. The number of amides is 2. The summed E-state index contributed by atoms with van der Waals surface area (Å²) in [7, 11) is 0. The van der Waals surface area contributed by atoms with Gasteiger partial charge >= 0.3 is 0 Å². The zero-order valence-electron chi connectivity index (χ0n) is 13.7. The lowest BCUT2D eigenvalue weighted by Gasteiger charge is -2.22. The van der Waals surface area contributed by atoms with Gasteiger partial charge in [-0.25, -0.2) is 0 Å². The zero-order chi connectivity index (χ0) is 16.8. The van der Waals surface area contributed by atoms with Gasteiger partial charge < -0.3 is 14.8 Å². The summed E-state index contributed by atoms with van der Waals surface area (Å²) >= 11 is 1.74. The molecule has 2 aromatic heterocycles. The number of carbonyl (C=O) groups is 2. The van der Waals surface area contributed by atoms with Crippen molar-refractivity contribution in [2.75, 3.05) is 26.2 Å². The third kappa shape index (κ3) is 4.26. The van der Waals surface area contributed by atoms with Crippen LogP contribution in [-0.4, -0.2) is 52.8 Å². The highest BCUT2D eigenvalue weighted by molar-refractivity contribution is 7.09. The summed E-state index contributed by atoms with van der Waals surface area (Å²) in [5.74, 6) is 0.255. The van der Waals surface area contributed by atoms with Crippen LogP contribution in [0.15, 0.2) is 36.0 Å². The Kier molecular flexibility index (Phi) is 5.69. The molecule has 24 heavy (non-hydrogen) atoms. The number of H-pyrrole nitrogens is 1. The number of aromatic nitrogens is 1. The lowest BCUT2D eigenvalue weighted by atomic mass is 10.2. The van der Waals surface area contributed by atoms with E-state index < -0.39 is 0 Å². The quantitative estimate of drug-likeness (QED) is 0.906. The fraction of sp³-hybridized carbons (Fsp3) is 0.444. The van der Waals surface area contributed by atoms with E-state index in [1.165, 1.54) is 4.88 Å². The Bertz CT molecular complexity index is 652. The maximum atomic E-state index is 12.4. The van der Waals surface area contributed by atoms with E-state index in [2.05, 4.69) is 16.4 Å². The van der Waals surface area contributed by atoms with E-state index in [-0.39, 0.29) is 11.8 Å². The van der Waals surface area contributed by atoms with E-state index in [0.717, 1.165) is 25.8 Å². The minimum atomic E-state index is 0.0447. The molecule has 6 heteroatoms. The van der Waals surface area contributed by atoms with Crippen molar-refractivity contribution in [3.05, 3.63) is 46.4 Å². The number of hydrogen-bond donors (Lipinski definition) is 1. The van der Waals surface area contributed by atoms with Gasteiger partial charge in [-0.3, -0.25) is 9.59 Å². The maximum absolute atomic E-state index is 12.4. The first-order chi connectivity index (χ1) is 11.7. The average molecular weight is 345 g/mol. The number of aryl methyl sites for hydroxylation is 1. The zero-order valence-corrected chi connectivity index (χ0v) is 14.6. The van der Waals surface area contributed by atoms with E-state index in [0.29, 0.717) is 31.6 Å². The topological polar surface area (TPSA) is 56.4 Å². The van der Waals surface area contributed by atoms with Crippen LogP contribution in [0.2, 0.25) is 0 Å². The lowest BCUT2D eigenvalue weighted by molar-refractivity contribution is -0.131. The third-order valence-electron chi connectivity index (χ3n) is 4.37. The summed E-state index contributed by atoms with van der Waals surface area (Å²) in [4.78, 5) is 32.8. The Labute approximate surface area is 146 Å². The number of nitrogens with zero attached hydrogens (tertiary/aromatic N) is 2. The Morgan fingerprint density at radius 1 is 1.12 bits per heavy atom. The summed E-state index contributed by atoms with van der Waals surface area (Å²) in [6, 6.07) is 5.96. The first-order valence-electron chi connectivity index (χ1n) is 8.46. The van der Waals surface area contributed by atoms with E-state index >= 15 is 0 Å². The molecular formula is C18H23N3O2S. The van der Waals surface area contributed by atoms with Crippen LogP contribution >= 0.6 is 11.3 Å². The molecule has 0 bridgehead atoms. The van der Waals surface area contributed by atoms with Crippen molar-refractivity contribution >= 4 is 23.2 Å². The van der Waals surface area contributed by atoms with Crippen molar-refractivity contribution in [3.63, 3.8) is 0 Å². The average Bonchev–Trinajstić information content (AvgIpc) is 3.24. The van der Waals surface area contributed by atoms with Crippen LogP contribution in [0.25, 0.3) is 0 Å². The van der Waals surface area contributed by atoms with Crippen molar-refractivity contribution in [1.82, 2.24) is 14.8 Å². The van der Waals surface area contributed by atoms with Crippen LogP contribution in [0.3, 0.4) is 0 Å². The molecule has 1 aliphatic rings. The van der Waals surface area contributed by atoms with E-state index in [1.807, 2.05) is 15.9 Å². The van der Waals surface area contributed by atoms with Crippen molar-refractivity contribution in [3.8, 4) is 0 Å². The van der Waals surface area contributed by atoms with Gasteiger partial charge in [0.15, 0.2) is 0 Å². The van der Waals surface area contributed by atoms with Gasteiger partial charge in [-0.15, -0.1) is 11.3 Å². The highest BCUT2D eigenvalue weighted by atomic mass is 32.1. The van der Waals surface area contributed by atoms with Gasteiger partial charge in [0.2, 0.25) is 5.91 Å². The molecule has 1 fully saturated rings. The van der Waals surface area contributed by atoms with Crippen LogP contribution in [-0.2, 0) is 11.2 Å².